The van der Waals surface area contributed by atoms with Crippen molar-refractivity contribution < 1.29 is 14.5 Å². The number of anilines is 2. The van der Waals surface area contributed by atoms with E-state index in [4.69, 9.17) is 0 Å². The highest BCUT2D eigenvalue weighted by molar-refractivity contribution is 7.98. The van der Waals surface area contributed by atoms with E-state index in [2.05, 4.69) is 59.7 Å². The Labute approximate surface area is 242 Å². The van der Waals surface area contributed by atoms with Gasteiger partial charge in [0.25, 0.3) is 5.01 Å². The van der Waals surface area contributed by atoms with Crippen molar-refractivity contribution in [3.05, 3.63) is 94.5 Å². The molecule has 200 valence electrons. The van der Waals surface area contributed by atoms with Crippen LogP contribution in [0.4, 0.5) is 11.4 Å². The first-order valence-electron chi connectivity index (χ1n) is 13.6. The molecule has 2 unspecified atom stereocenters. The number of nitriles is 1. The Morgan fingerprint density at radius 1 is 1.18 bits per heavy atom. The van der Waals surface area contributed by atoms with Gasteiger partial charge in [-0.3, -0.25) is 4.79 Å². The van der Waals surface area contributed by atoms with Gasteiger partial charge < -0.3 is 10.0 Å². The van der Waals surface area contributed by atoms with Crippen LogP contribution in [0.2, 0.25) is 0 Å². The number of aromatic nitrogens is 1. The fraction of sp³-hybridized carbons (Fsp3) is 0.242. The van der Waals surface area contributed by atoms with Crippen LogP contribution in [0.5, 0.6) is 0 Å². The Hall–Kier alpha value is -3.86. The SMILES string of the molecule is CSc1ccc(N2c3ccc(/C=C\C(C#N)=C\c4sc5ccccc5[n+]4CCC(=O)O)cc3C3CCCC32)cc1. The van der Waals surface area contributed by atoms with Crippen LogP contribution < -0.4 is 9.47 Å². The van der Waals surface area contributed by atoms with Crippen LogP contribution >= 0.6 is 23.1 Å². The number of carboxylic acid groups (broad SMARTS) is 1. The fourth-order valence-corrected chi connectivity index (χ4v) is 7.64. The van der Waals surface area contributed by atoms with E-state index in [0.29, 0.717) is 24.1 Å². The highest BCUT2D eigenvalue weighted by Gasteiger charge is 2.42. The van der Waals surface area contributed by atoms with E-state index >= 15 is 0 Å². The topological polar surface area (TPSA) is 68.2 Å². The number of rotatable bonds is 8. The van der Waals surface area contributed by atoms with Crippen LogP contribution in [-0.4, -0.2) is 23.4 Å². The van der Waals surface area contributed by atoms with E-state index in [9.17, 15) is 15.2 Å². The third kappa shape index (κ3) is 5.05. The zero-order chi connectivity index (χ0) is 27.6. The van der Waals surface area contributed by atoms with Crippen LogP contribution in [0.3, 0.4) is 0 Å². The number of benzene rings is 3. The number of thiazole rings is 1. The molecule has 3 aromatic carbocycles. The Kier molecular flexibility index (Phi) is 7.46. The molecule has 2 atom stereocenters. The number of allylic oxidation sites excluding steroid dienone is 2. The molecule has 1 aromatic heterocycles. The van der Waals surface area contributed by atoms with E-state index in [1.807, 2.05) is 47.1 Å². The number of aryl methyl sites for hydroxylation is 1. The highest BCUT2D eigenvalue weighted by Crippen LogP contribution is 2.52. The number of nitrogens with zero attached hydrogens (tertiary/aromatic N) is 3. The van der Waals surface area contributed by atoms with Gasteiger partial charge in [0.15, 0.2) is 6.54 Å². The zero-order valence-corrected chi connectivity index (χ0v) is 23.9. The van der Waals surface area contributed by atoms with Crippen molar-refractivity contribution in [1.82, 2.24) is 0 Å². The minimum atomic E-state index is -0.838. The molecule has 0 saturated heterocycles. The van der Waals surface area contributed by atoms with Crippen LogP contribution in [0.1, 0.15) is 47.7 Å². The van der Waals surface area contributed by atoms with Crippen molar-refractivity contribution in [1.29, 1.82) is 5.26 Å². The predicted octanol–water partition coefficient (Wildman–Crippen LogP) is 7.79. The number of fused-ring (bicyclic) bond motifs is 4. The summed E-state index contributed by atoms with van der Waals surface area (Å²) in [7, 11) is 0. The first kappa shape index (κ1) is 26.4. The molecular formula is C33H30N3O2S2+. The number of aliphatic carboxylic acids is 1. The van der Waals surface area contributed by atoms with Gasteiger partial charge in [0.05, 0.1) is 11.6 Å². The molecule has 0 bridgehead atoms. The number of thioether (sulfide) groups is 1. The molecule has 0 spiro atoms. The summed E-state index contributed by atoms with van der Waals surface area (Å²) in [5.74, 6) is -0.309. The van der Waals surface area contributed by atoms with Gasteiger partial charge in [-0.1, -0.05) is 42.0 Å². The van der Waals surface area contributed by atoms with Crippen molar-refractivity contribution in [3.8, 4) is 6.07 Å². The smallest absolute Gasteiger partial charge is 0.309 e. The maximum absolute atomic E-state index is 11.3. The molecule has 1 aliphatic carbocycles. The van der Waals surface area contributed by atoms with Crippen LogP contribution in [0, 0.1) is 11.3 Å². The summed E-state index contributed by atoms with van der Waals surface area (Å²) in [4.78, 5) is 15.1. The van der Waals surface area contributed by atoms with E-state index in [0.717, 1.165) is 20.8 Å². The average Bonchev–Trinajstić information content (AvgIpc) is 3.66. The molecule has 1 fully saturated rings. The summed E-state index contributed by atoms with van der Waals surface area (Å²) >= 11 is 3.33. The van der Waals surface area contributed by atoms with Crippen molar-refractivity contribution in [3.63, 3.8) is 0 Å². The second kappa shape index (κ2) is 11.3. The molecule has 0 amide bonds. The molecular weight excluding hydrogens is 535 g/mol. The molecule has 4 aromatic rings. The molecule has 1 saturated carbocycles. The van der Waals surface area contributed by atoms with E-state index in [1.54, 1.807) is 23.1 Å². The minimum absolute atomic E-state index is 0.0278. The Morgan fingerprint density at radius 2 is 2.00 bits per heavy atom. The summed E-state index contributed by atoms with van der Waals surface area (Å²) in [6.45, 7) is 0.359. The lowest BCUT2D eigenvalue weighted by Crippen LogP contribution is -2.36. The van der Waals surface area contributed by atoms with Gasteiger partial charge in [-0.05, 0) is 78.8 Å². The molecule has 6 rings (SSSR count). The van der Waals surface area contributed by atoms with Crippen molar-refractivity contribution in [2.45, 2.75) is 49.1 Å². The fourth-order valence-electron chi connectivity index (χ4n) is 6.09. The second-order valence-corrected chi connectivity index (χ2v) is 12.2. The molecule has 1 N–H and O–H groups in total. The molecule has 5 nitrogen and oxygen atoms in total. The normalized spacial score (nSPS) is 18.3. The quantitative estimate of drug-likeness (QED) is 0.102. The monoisotopic (exact) mass is 564 g/mol. The first-order valence-corrected chi connectivity index (χ1v) is 15.6. The summed E-state index contributed by atoms with van der Waals surface area (Å²) in [5, 5.41) is 20.1. The molecule has 7 heteroatoms. The maximum atomic E-state index is 11.3. The van der Waals surface area contributed by atoms with Gasteiger partial charge in [-0.2, -0.15) is 9.83 Å². The third-order valence-corrected chi connectivity index (χ3v) is 9.78. The first-order chi connectivity index (χ1) is 19.6. The lowest BCUT2D eigenvalue weighted by Gasteiger charge is -2.27. The van der Waals surface area contributed by atoms with Crippen molar-refractivity contribution >= 4 is 62.8 Å². The van der Waals surface area contributed by atoms with Crippen LogP contribution in [-0.2, 0) is 11.3 Å². The van der Waals surface area contributed by atoms with Gasteiger partial charge in [-0.25, -0.2) is 0 Å². The summed E-state index contributed by atoms with van der Waals surface area (Å²) in [6.07, 6.45) is 11.5. The second-order valence-electron chi connectivity index (χ2n) is 10.2. The number of hydrogen-bond donors (Lipinski definition) is 1. The molecule has 2 aliphatic rings. The van der Waals surface area contributed by atoms with Gasteiger partial charge >= 0.3 is 5.97 Å². The average molecular weight is 565 g/mol. The molecule has 2 heterocycles. The molecule has 1 aliphatic heterocycles. The third-order valence-electron chi connectivity index (χ3n) is 7.92. The lowest BCUT2D eigenvalue weighted by atomic mass is 9.96. The van der Waals surface area contributed by atoms with Crippen LogP contribution in [0.25, 0.3) is 22.4 Å². The molecule has 0 radical (unpaired) electrons. The number of carbonyl (C=O) groups is 1. The summed E-state index contributed by atoms with van der Waals surface area (Å²) in [6, 6.07) is 26.3. The molecule has 40 heavy (non-hydrogen) atoms. The van der Waals surface area contributed by atoms with E-state index in [-0.39, 0.29) is 6.42 Å². The van der Waals surface area contributed by atoms with Crippen molar-refractivity contribution in [2.24, 2.45) is 0 Å². The number of para-hydroxylation sites is 1. The standard InChI is InChI=1S/C33H29N3O2S2/c1-39-25-14-12-24(13-15-25)36-28-7-4-5-26(28)27-19-22(11-16-29(27)36)9-10-23(21-34)20-32-35(18-17-33(37)38)30-6-2-3-8-31(30)40-32/h2-3,6,8-16,19-20,26,28H,4-5,7,17-18H2,1H3/p+1. The zero-order valence-electron chi connectivity index (χ0n) is 22.3. The van der Waals surface area contributed by atoms with Gasteiger partial charge in [0.1, 0.15) is 11.1 Å². The van der Waals surface area contributed by atoms with Crippen LogP contribution in [0.15, 0.2) is 83.3 Å². The van der Waals surface area contributed by atoms with Crippen molar-refractivity contribution in [2.75, 3.05) is 11.2 Å². The van der Waals surface area contributed by atoms with Gasteiger partial charge in [-0.15, -0.1) is 11.8 Å². The Balaban J connectivity index is 1.30. The Morgan fingerprint density at radius 3 is 2.77 bits per heavy atom. The van der Waals surface area contributed by atoms with E-state index in [1.165, 1.54) is 41.1 Å². The maximum Gasteiger partial charge on any atom is 0.309 e. The van der Waals surface area contributed by atoms with Gasteiger partial charge in [0, 0.05) is 40.4 Å². The minimum Gasteiger partial charge on any atom is -0.481 e. The largest absolute Gasteiger partial charge is 0.481 e. The van der Waals surface area contributed by atoms with E-state index < -0.39 is 5.97 Å². The summed E-state index contributed by atoms with van der Waals surface area (Å²) < 4.78 is 3.06. The predicted molar refractivity (Wildman–Crippen MR) is 164 cm³/mol. The number of carboxylic acids is 1. The summed E-state index contributed by atoms with van der Waals surface area (Å²) in [5.41, 5.74) is 6.55. The lowest BCUT2D eigenvalue weighted by molar-refractivity contribution is -0.667. The Bertz CT molecular complexity index is 1680. The highest BCUT2D eigenvalue weighted by atomic mass is 32.2. The van der Waals surface area contributed by atoms with Gasteiger partial charge in [0.2, 0.25) is 5.52 Å². The number of hydrogen-bond acceptors (Lipinski definition) is 5.